The van der Waals surface area contributed by atoms with Crippen LogP contribution in [-0.2, 0) is 4.74 Å². The highest BCUT2D eigenvalue weighted by atomic mass is 16.5. The highest BCUT2D eigenvalue weighted by Crippen LogP contribution is 2.12. The van der Waals surface area contributed by atoms with Gasteiger partial charge in [0, 0.05) is 12.8 Å². The first-order valence-electron chi connectivity index (χ1n) is 5.03. The third-order valence-electron chi connectivity index (χ3n) is 2.16. The second-order valence-electron chi connectivity index (χ2n) is 3.69. The molecule has 0 saturated carbocycles. The Hall–Kier alpha value is -1.02. The molecule has 0 aromatic rings. The molecule has 0 bridgehead atoms. The number of allylic oxidation sites excluding steroid dienone is 5. The van der Waals surface area contributed by atoms with Crippen LogP contribution in [0, 0.1) is 11.8 Å². The minimum Gasteiger partial charge on any atom is -0.365 e. The van der Waals surface area contributed by atoms with E-state index in [4.69, 9.17) is 4.74 Å². The van der Waals surface area contributed by atoms with Crippen molar-refractivity contribution in [2.24, 2.45) is 11.8 Å². The summed E-state index contributed by atoms with van der Waals surface area (Å²) in [5.41, 5.74) is 1.13. The summed E-state index contributed by atoms with van der Waals surface area (Å²) < 4.78 is 4.97. The molecule has 2 heteroatoms. The van der Waals surface area contributed by atoms with Crippen LogP contribution < -0.4 is 5.32 Å². The lowest BCUT2D eigenvalue weighted by atomic mass is 10.0. The van der Waals surface area contributed by atoms with Crippen molar-refractivity contribution in [1.82, 2.24) is 5.32 Å². The van der Waals surface area contributed by atoms with E-state index in [0.29, 0.717) is 18.6 Å². The molecule has 1 aliphatic rings. The Balaban J connectivity index is 2.67. The summed E-state index contributed by atoms with van der Waals surface area (Å²) in [4.78, 5) is 0. The Morgan fingerprint density at radius 3 is 2.64 bits per heavy atom. The topological polar surface area (TPSA) is 21.3 Å². The zero-order valence-electron chi connectivity index (χ0n) is 9.16. The van der Waals surface area contributed by atoms with Crippen LogP contribution >= 0.6 is 0 Å². The first-order valence-corrected chi connectivity index (χ1v) is 5.03. The molecule has 78 valence electrons. The van der Waals surface area contributed by atoms with Gasteiger partial charge in [0.25, 0.3) is 0 Å². The lowest BCUT2D eigenvalue weighted by molar-refractivity contribution is 0.185. The largest absolute Gasteiger partial charge is 0.365 e. The standard InChI is InChI=1S/C12H19NO/c1-10-4-5-11(2)8-12(7-6-10)13-9-14-3/h4-8,10-11,13H,9H2,1-3H3/b5-4-,7-6-,12-8+. The van der Waals surface area contributed by atoms with Crippen LogP contribution in [0.2, 0.25) is 0 Å². The summed E-state index contributed by atoms with van der Waals surface area (Å²) in [5.74, 6) is 0.979. The maximum Gasteiger partial charge on any atom is 0.116 e. The molecule has 2 atom stereocenters. The van der Waals surface area contributed by atoms with Crippen molar-refractivity contribution in [3.63, 3.8) is 0 Å². The smallest absolute Gasteiger partial charge is 0.116 e. The maximum atomic E-state index is 4.97. The van der Waals surface area contributed by atoms with Gasteiger partial charge in [-0.1, -0.05) is 38.2 Å². The molecule has 14 heavy (non-hydrogen) atoms. The fraction of sp³-hybridized carbons (Fsp3) is 0.500. The molecule has 1 rings (SSSR count). The van der Waals surface area contributed by atoms with Crippen LogP contribution in [0.4, 0.5) is 0 Å². The summed E-state index contributed by atoms with van der Waals surface area (Å²) in [7, 11) is 1.69. The average molecular weight is 193 g/mol. The van der Waals surface area contributed by atoms with Crippen LogP contribution in [-0.4, -0.2) is 13.8 Å². The zero-order chi connectivity index (χ0) is 10.4. The highest BCUT2D eigenvalue weighted by molar-refractivity contribution is 5.23. The second-order valence-corrected chi connectivity index (χ2v) is 3.69. The Morgan fingerprint density at radius 1 is 1.21 bits per heavy atom. The molecular weight excluding hydrogens is 174 g/mol. The molecule has 2 unspecified atom stereocenters. The molecule has 0 aromatic carbocycles. The van der Waals surface area contributed by atoms with Crippen molar-refractivity contribution in [3.05, 3.63) is 36.1 Å². The molecule has 0 aromatic heterocycles. The van der Waals surface area contributed by atoms with E-state index in [2.05, 4.69) is 49.5 Å². The molecule has 1 aliphatic carbocycles. The molecule has 1 N–H and O–H groups in total. The molecule has 2 nitrogen and oxygen atoms in total. The molecule has 0 heterocycles. The minimum atomic E-state index is 0.474. The quantitative estimate of drug-likeness (QED) is 0.549. The molecule has 0 radical (unpaired) electrons. The lowest BCUT2D eigenvalue weighted by Crippen LogP contribution is -2.16. The minimum absolute atomic E-state index is 0.474. The van der Waals surface area contributed by atoms with E-state index in [1.165, 1.54) is 0 Å². The van der Waals surface area contributed by atoms with Crippen molar-refractivity contribution in [1.29, 1.82) is 0 Å². The van der Waals surface area contributed by atoms with E-state index in [9.17, 15) is 0 Å². The summed E-state index contributed by atoms with van der Waals surface area (Å²) in [5, 5.41) is 3.21. The highest BCUT2D eigenvalue weighted by Gasteiger charge is 2.00. The fourth-order valence-corrected chi connectivity index (χ4v) is 1.34. The third kappa shape index (κ3) is 3.79. The van der Waals surface area contributed by atoms with Gasteiger partial charge in [0.2, 0.25) is 0 Å². The van der Waals surface area contributed by atoms with Crippen LogP contribution in [0.25, 0.3) is 0 Å². The normalized spacial score (nSPS) is 34.9. The van der Waals surface area contributed by atoms with Gasteiger partial charge in [0.05, 0.1) is 0 Å². The van der Waals surface area contributed by atoms with Crippen LogP contribution in [0.1, 0.15) is 13.8 Å². The molecule has 0 spiro atoms. The monoisotopic (exact) mass is 193 g/mol. The molecule has 0 amide bonds. The van der Waals surface area contributed by atoms with E-state index in [1.807, 2.05) is 0 Å². The first-order chi connectivity index (χ1) is 6.72. The maximum absolute atomic E-state index is 4.97. The van der Waals surface area contributed by atoms with Crippen molar-refractivity contribution in [2.45, 2.75) is 13.8 Å². The van der Waals surface area contributed by atoms with Gasteiger partial charge in [-0.2, -0.15) is 0 Å². The Morgan fingerprint density at radius 2 is 1.93 bits per heavy atom. The van der Waals surface area contributed by atoms with Gasteiger partial charge in [-0.05, 0) is 17.9 Å². The number of ether oxygens (including phenoxy) is 1. The summed E-state index contributed by atoms with van der Waals surface area (Å²) >= 11 is 0. The molecule has 0 aliphatic heterocycles. The SMILES string of the molecule is COCNC1=C/C(C)/C=C\C(C)/C=C\1. The predicted octanol–water partition coefficient (Wildman–Crippen LogP) is 2.46. The van der Waals surface area contributed by atoms with Gasteiger partial charge < -0.3 is 10.1 Å². The number of hydrogen-bond donors (Lipinski definition) is 1. The molecular formula is C12H19NO. The van der Waals surface area contributed by atoms with Crippen molar-refractivity contribution in [3.8, 4) is 0 Å². The van der Waals surface area contributed by atoms with Crippen molar-refractivity contribution in [2.75, 3.05) is 13.8 Å². The Bertz CT molecular complexity index is 253. The number of hydrogen-bond acceptors (Lipinski definition) is 2. The van der Waals surface area contributed by atoms with Crippen LogP contribution in [0.3, 0.4) is 0 Å². The molecule has 0 fully saturated rings. The van der Waals surface area contributed by atoms with Crippen LogP contribution in [0.5, 0.6) is 0 Å². The molecule has 0 saturated heterocycles. The summed E-state index contributed by atoms with van der Waals surface area (Å²) in [6.45, 7) is 4.91. The number of methoxy groups -OCH3 is 1. The van der Waals surface area contributed by atoms with Gasteiger partial charge in [0.1, 0.15) is 6.73 Å². The second kappa shape index (κ2) is 5.66. The zero-order valence-corrected chi connectivity index (χ0v) is 9.16. The Labute approximate surface area is 86.3 Å². The summed E-state index contributed by atoms with van der Waals surface area (Å²) in [6, 6.07) is 0. The predicted molar refractivity (Wildman–Crippen MR) is 59.7 cm³/mol. The third-order valence-corrected chi connectivity index (χ3v) is 2.16. The van der Waals surface area contributed by atoms with Gasteiger partial charge >= 0.3 is 0 Å². The van der Waals surface area contributed by atoms with E-state index in [-0.39, 0.29) is 0 Å². The van der Waals surface area contributed by atoms with Gasteiger partial charge in [-0.3, -0.25) is 0 Å². The fourth-order valence-electron chi connectivity index (χ4n) is 1.34. The van der Waals surface area contributed by atoms with Gasteiger partial charge in [0.15, 0.2) is 0 Å². The van der Waals surface area contributed by atoms with Gasteiger partial charge in [-0.15, -0.1) is 0 Å². The van der Waals surface area contributed by atoms with Crippen molar-refractivity contribution < 1.29 is 4.74 Å². The number of nitrogens with one attached hydrogen (secondary N) is 1. The Kier molecular flexibility index (Phi) is 4.47. The summed E-state index contributed by atoms with van der Waals surface area (Å²) in [6.07, 6.45) is 10.9. The van der Waals surface area contributed by atoms with E-state index >= 15 is 0 Å². The first kappa shape index (κ1) is 11.1. The number of rotatable bonds is 3. The average Bonchev–Trinajstić information content (AvgIpc) is 2.16. The van der Waals surface area contributed by atoms with E-state index in [0.717, 1.165) is 5.70 Å². The van der Waals surface area contributed by atoms with Gasteiger partial charge in [-0.25, -0.2) is 0 Å². The lowest BCUT2D eigenvalue weighted by Gasteiger charge is -2.11. The van der Waals surface area contributed by atoms with Crippen molar-refractivity contribution >= 4 is 0 Å². The van der Waals surface area contributed by atoms with Crippen LogP contribution in [0.15, 0.2) is 36.1 Å². The van der Waals surface area contributed by atoms with E-state index in [1.54, 1.807) is 7.11 Å². The van der Waals surface area contributed by atoms with E-state index < -0.39 is 0 Å².